The molecule has 88 valence electrons. The average molecular weight is 263 g/mol. The Balaban J connectivity index is 0. The molecule has 0 heterocycles. The van der Waals surface area contributed by atoms with Crippen molar-refractivity contribution in [1.82, 2.24) is 9.80 Å². The quantitative estimate of drug-likeness (QED) is 0.467. The topological polar surface area (TPSA) is 6.48 Å². The molecule has 0 saturated carbocycles. The molecule has 0 aliphatic rings. The van der Waals surface area contributed by atoms with Crippen molar-refractivity contribution >= 4 is 17.6 Å². The summed E-state index contributed by atoms with van der Waals surface area (Å²) in [6.45, 7) is 2.49. The van der Waals surface area contributed by atoms with Crippen molar-refractivity contribution in [2.75, 3.05) is 41.3 Å². The van der Waals surface area contributed by atoms with Gasteiger partial charge in [-0.15, -0.1) is 0 Å². The fourth-order valence-electron chi connectivity index (χ4n) is 1.39. The molecule has 0 rings (SSSR count). The molecule has 0 aliphatic carbocycles. The van der Waals surface area contributed by atoms with Crippen molar-refractivity contribution in [3.63, 3.8) is 0 Å². The Hall–Kier alpha value is 0.463. The molecule has 2 nitrogen and oxygen atoms in total. The van der Waals surface area contributed by atoms with E-state index in [4.69, 9.17) is 0 Å². The predicted octanol–water partition coefficient (Wildman–Crippen LogP) is 0.608. The monoisotopic (exact) mass is 264 g/mol. The Labute approximate surface area is 101 Å². The van der Waals surface area contributed by atoms with Crippen LogP contribution in [-0.2, 0) is 0 Å². The van der Waals surface area contributed by atoms with Gasteiger partial charge in [0.25, 0.3) is 0 Å². The van der Waals surface area contributed by atoms with E-state index >= 15 is 0 Å². The van der Waals surface area contributed by atoms with E-state index in [1.165, 1.54) is 45.2 Å². The second-order valence-electron chi connectivity index (χ2n) is 4.37. The van der Waals surface area contributed by atoms with Crippen LogP contribution in [-0.4, -0.2) is 68.7 Å². The van der Waals surface area contributed by atoms with Crippen molar-refractivity contribution in [2.45, 2.75) is 32.1 Å². The maximum absolute atomic E-state index is 2.26. The van der Waals surface area contributed by atoms with Crippen LogP contribution < -0.4 is 0 Å². The molecule has 0 unspecified atom stereocenters. The maximum atomic E-state index is 2.26. The molecule has 14 heavy (non-hydrogen) atoms. The Morgan fingerprint density at radius 1 is 0.571 bits per heavy atom. The van der Waals surface area contributed by atoms with E-state index in [-0.39, 0.29) is 17.6 Å². The second-order valence-corrected chi connectivity index (χ2v) is 4.37. The predicted molar refractivity (Wildman–Crippen MR) is 71.5 cm³/mol. The van der Waals surface area contributed by atoms with Gasteiger partial charge in [0.2, 0.25) is 0 Å². The summed E-state index contributed by atoms with van der Waals surface area (Å²) in [6, 6.07) is 0. The van der Waals surface area contributed by atoms with Gasteiger partial charge in [-0.1, -0.05) is 19.3 Å². The van der Waals surface area contributed by atoms with E-state index in [0.717, 1.165) is 0 Å². The van der Waals surface area contributed by atoms with Crippen molar-refractivity contribution in [3.05, 3.63) is 0 Å². The van der Waals surface area contributed by atoms with Gasteiger partial charge in [0, 0.05) is 0 Å². The Kier molecular flexibility index (Phi) is 13.9. The van der Waals surface area contributed by atoms with Crippen LogP contribution in [0.2, 0.25) is 0 Å². The molecule has 0 aromatic rings. The van der Waals surface area contributed by atoms with Crippen molar-refractivity contribution in [2.24, 2.45) is 0 Å². The molecular formula is C11H30GeN2. The summed E-state index contributed by atoms with van der Waals surface area (Å²) in [6.07, 6.45) is 6.91. The molecule has 0 saturated heterocycles. The minimum atomic E-state index is 0. The molecule has 0 bridgehead atoms. The molecule has 0 atom stereocenters. The summed E-state index contributed by atoms with van der Waals surface area (Å²) in [5, 5.41) is 0. The zero-order valence-electron chi connectivity index (χ0n) is 9.84. The van der Waals surface area contributed by atoms with Gasteiger partial charge in [-0.25, -0.2) is 0 Å². The molecule has 0 fully saturated rings. The Bertz CT molecular complexity index is 93.5. The standard InChI is InChI=1S/C11H26N2.GeH4/c1-12(2)10-8-6-5-7-9-11-13(3)4;/h5-11H2,1-4H3;1H4. The van der Waals surface area contributed by atoms with Gasteiger partial charge in [-0.05, 0) is 54.1 Å². The van der Waals surface area contributed by atoms with E-state index in [2.05, 4.69) is 38.0 Å². The van der Waals surface area contributed by atoms with Gasteiger partial charge in [0.1, 0.15) is 0 Å². The summed E-state index contributed by atoms with van der Waals surface area (Å²) < 4.78 is 0. The van der Waals surface area contributed by atoms with E-state index in [1.807, 2.05) is 0 Å². The average Bonchev–Trinajstić information content (AvgIpc) is 2.01. The molecule has 0 radical (unpaired) electrons. The summed E-state index contributed by atoms with van der Waals surface area (Å²) in [5.41, 5.74) is 0. The number of nitrogens with zero attached hydrogens (tertiary/aromatic N) is 2. The molecule has 0 N–H and O–H groups in total. The summed E-state index contributed by atoms with van der Waals surface area (Å²) in [5.74, 6) is 0. The van der Waals surface area contributed by atoms with Gasteiger partial charge in [0.05, 0.1) is 0 Å². The molecule has 0 aromatic carbocycles. The van der Waals surface area contributed by atoms with Crippen LogP contribution in [0.15, 0.2) is 0 Å². The zero-order valence-corrected chi connectivity index (χ0v) is 9.84. The normalized spacial score (nSPS) is 10.7. The van der Waals surface area contributed by atoms with Gasteiger partial charge in [-0.3, -0.25) is 0 Å². The fraction of sp³-hybridized carbons (Fsp3) is 1.00. The Morgan fingerprint density at radius 2 is 0.857 bits per heavy atom. The van der Waals surface area contributed by atoms with Gasteiger partial charge < -0.3 is 9.80 Å². The second kappa shape index (κ2) is 11.5. The fourth-order valence-corrected chi connectivity index (χ4v) is 1.39. The van der Waals surface area contributed by atoms with Crippen LogP contribution in [0.25, 0.3) is 0 Å². The van der Waals surface area contributed by atoms with Crippen LogP contribution >= 0.6 is 0 Å². The van der Waals surface area contributed by atoms with Crippen molar-refractivity contribution < 1.29 is 0 Å². The number of hydrogen-bond acceptors (Lipinski definition) is 2. The van der Waals surface area contributed by atoms with Gasteiger partial charge in [0.15, 0.2) is 0 Å². The molecule has 0 aliphatic heterocycles. The van der Waals surface area contributed by atoms with Crippen molar-refractivity contribution in [1.29, 1.82) is 0 Å². The summed E-state index contributed by atoms with van der Waals surface area (Å²) in [7, 11) is 8.58. The molecule has 3 heteroatoms. The third-order valence-corrected chi connectivity index (χ3v) is 2.21. The van der Waals surface area contributed by atoms with Crippen LogP contribution in [0.1, 0.15) is 32.1 Å². The van der Waals surface area contributed by atoms with E-state index in [9.17, 15) is 0 Å². The van der Waals surface area contributed by atoms with Crippen LogP contribution in [0.3, 0.4) is 0 Å². The third-order valence-electron chi connectivity index (χ3n) is 2.21. The first-order valence-corrected chi connectivity index (χ1v) is 5.42. The number of hydrogen-bond donors (Lipinski definition) is 0. The first-order chi connectivity index (χ1) is 6.13. The molecule has 0 amide bonds. The van der Waals surface area contributed by atoms with E-state index in [0.29, 0.717) is 0 Å². The summed E-state index contributed by atoms with van der Waals surface area (Å²) in [4.78, 5) is 4.53. The Morgan fingerprint density at radius 3 is 1.14 bits per heavy atom. The zero-order chi connectivity index (χ0) is 10.1. The van der Waals surface area contributed by atoms with Gasteiger partial charge in [-0.2, -0.15) is 0 Å². The van der Waals surface area contributed by atoms with Gasteiger partial charge >= 0.3 is 17.6 Å². The molecular weight excluding hydrogens is 233 g/mol. The molecule has 0 aromatic heterocycles. The van der Waals surface area contributed by atoms with E-state index in [1.54, 1.807) is 0 Å². The minimum absolute atomic E-state index is 0. The molecule has 0 spiro atoms. The third kappa shape index (κ3) is 15.0. The first kappa shape index (κ1) is 16.9. The summed E-state index contributed by atoms with van der Waals surface area (Å²) >= 11 is 0. The van der Waals surface area contributed by atoms with Crippen molar-refractivity contribution in [3.8, 4) is 0 Å². The SMILES string of the molecule is CN(C)CCCCCCCN(C)C.[GeH4]. The number of rotatable bonds is 8. The van der Waals surface area contributed by atoms with Crippen LogP contribution in [0.4, 0.5) is 0 Å². The first-order valence-electron chi connectivity index (χ1n) is 5.42. The number of unbranched alkanes of at least 4 members (excludes halogenated alkanes) is 4. The van der Waals surface area contributed by atoms with Crippen LogP contribution in [0.5, 0.6) is 0 Å². The van der Waals surface area contributed by atoms with Crippen LogP contribution in [0, 0.1) is 0 Å². The van der Waals surface area contributed by atoms with E-state index < -0.39 is 0 Å².